The molecule has 0 saturated carbocycles. The van der Waals surface area contributed by atoms with Gasteiger partial charge in [-0.05, 0) is 31.9 Å². The number of benzene rings is 2. The second-order valence-electron chi connectivity index (χ2n) is 9.81. The highest BCUT2D eigenvalue weighted by atomic mass is 32.2. The number of carbonyl (C=O) groups excluding carboxylic acids is 1. The van der Waals surface area contributed by atoms with Crippen molar-refractivity contribution in [2.24, 2.45) is 4.99 Å². The fraction of sp³-hybridized carbons (Fsp3) is 0.481. The van der Waals surface area contributed by atoms with Gasteiger partial charge in [-0.3, -0.25) is 9.89 Å². The average Bonchev–Trinajstić information content (AvgIpc) is 3.29. The number of thioether (sulfide) groups is 1. The van der Waals surface area contributed by atoms with Crippen LogP contribution >= 0.6 is 11.8 Å². The summed E-state index contributed by atoms with van der Waals surface area (Å²) < 4.78 is 24.4. The van der Waals surface area contributed by atoms with Crippen molar-refractivity contribution in [1.29, 1.82) is 0 Å². The summed E-state index contributed by atoms with van der Waals surface area (Å²) in [5.74, 6) is 0. The highest BCUT2D eigenvalue weighted by Gasteiger charge is 2.51. The van der Waals surface area contributed by atoms with Crippen molar-refractivity contribution < 1.29 is 28.8 Å². The molecule has 1 amide bonds. The number of amides is 1. The number of aliphatic imine (C=N–C) groups is 1. The first-order chi connectivity index (χ1) is 17.2. The second-order valence-corrected chi connectivity index (χ2v) is 10.9. The molecule has 0 aromatic heterocycles. The van der Waals surface area contributed by atoms with E-state index in [1.807, 2.05) is 81.4 Å². The zero-order chi connectivity index (χ0) is 25.7. The molecule has 0 spiro atoms. The molecule has 2 aromatic rings. The maximum atomic E-state index is 12.7. The molecule has 0 aliphatic carbocycles. The van der Waals surface area contributed by atoms with E-state index in [0.29, 0.717) is 18.4 Å². The molecule has 1 saturated heterocycles. The highest BCUT2D eigenvalue weighted by molar-refractivity contribution is 8.14. The minimum absolute atomic E-state index is 0.230. The molecule has 5 atom stereocenters. The molecule has 2 aliphatic rings. The first kappa shape index (κ1) is 26.6. The summed E-state index contributed by atoms with van der Waals surface area (Å²) in [6.07, 6.45) is -2.16. The number of amidine groups is 1. The van der Waals surface area contributed by atoms with Gasteiger partial charge in [0.05, 0.1) is 19.8 Å². The normalized spacial score (nSPS) is 25.7. The van der Waals surface area contributed by atoms with Crippen molar-refractivity contribution in [2.75, 3.05) is 13.7 Å². The van der Waals surface area contributed by atoms with Crippen LogP contribution in [0.5, 0.6) is 0 Å². The summed E-state index contributed by atoms with van der Waals surface area (Å²) in [6.45, 7) is 5.92. The monoisotopic (exact) mass is 514 g/mol. The van der Waals surface area contributed by atoms with Gasteiger partial charge >= 0.3 is 6.09 Å². The van der Waals surface area contributed by atoms with Crippen LogP contribution in [0.15, 0.2) is 65.7 Å². The molecule has 1 fully saturated rings. The van der Waals surface area contributed by atoms with Gasteiger partial charge in [-0.2, -0.15) is 0 Å². The van der Waals surface area contributed by atoms with Gasteiger partial charge in [-0.25, -0.2) is 4.79 Å². The predicted molar refractivity (Wildman–Crippen MR) is 139 cm³/mol. The third-order valence-electron chi connectivity index (χ3n) is 5.80. The van der Waals surface area contributed by atoms with Crippen molar-refractivity contribution in [2.45, 2.75) is 69.4 Å². The smallest absolute Gasteiger partial charge is 0.416 e. The summed E-state index contributed by atoms with van der Waals surface area (Å²) in [5, 5.41) is 10.7. The lowest BCUT2D eigenvalue weighted by Crippen LogP contribution is -2.57. The number of aliphatic hydroxyl groups excluding tert-OH is 1. The van der Waals surface area contributed by atoms with Gasteiger partial charge < -0.3 is 24.1 Å². The van der Waals surface area contributed by atoms with Gasteiger partial charge in [-0.15, -0.1) is 0 Å². The summed E-state index contributed by atoms with van der Waals surface area (Å²) in [6, 6.07) is 19.3. The summed E-state index contributed by atoms with van der Waals surface area (Å²) in [5.41, 5.74) is 0.966. The van der Waals surface area contributed by atoms with Gasteiger partial charge in [-0.1, -0.05) is 72.4 Å². The maximum Gasteiger partial charge on any atom is 0.416 e. The fourth-order valence-corrected chi connectivity index (χ4v) is 5.21. The molecular formula is C27H34N2O6S. The van der Waals surface area contributed by atoms with Crippen molar-refractivity contribution >= 4 is 23.0 Å². The van der Waals surface area contributed by atoms with Crippen molar-refractivity contribution in [1.82, 2.24) is 4.90 Å². The SMILES string of the molecule is CN(C(=O)OC(C)(C)C)C1=N[C@@H]2[C@@H](OCc3ccccc3)[C@H](OCc3ccccc3)[C@@H](CO)O[C@@H]2S1. The van der Waals surface area contributed by atoms with Gasteiger partial charge in [0, 0.05) is 7.05 Å². The molecular weight excluding hydrogens is 480 g/mol. The van der Waals surface area contributed by atoms with Crippen molar-refractivity contribution in [3.63, 3.8) is 0 Å². The van der Waals surface area contributed by atoms with Gasteiger partial charge in [0.25, 0.3) is 0 Å². The highest BCUT2D eigenvalue weighted by Crippen LogP contribution is 2.40. The molecule has 0 bridgehead atoms. The van der Waals surface area contributed by atoms with E-state index in [9.17, 15) is 9.90 Å². The number of carbonyl (C=O) groups is 1. The summed E-state index contributed by atoms with van der Waals surface area (Å²) in [7, 11) is 1.63. The number of rotatable bonds is 7. The Morgan fingerprint density at radius 3 is 2.08 bits per heavy atom. The Kier molecular flexibility index (Phi) is 8.69. The first-order valence-corrected chi connectivity index (χ1v) is 12.9. The van der Waals surface area contributed by atoms with Crippen LogP contribution in [-0.2, 0) is 32.2 Å². The number of fused-ring (bicyclic) bond motifs is 1. The van der Waals surface area contributed by atoms with E-state index >= 15 is 0 Å². The predicted octanol–water partition coefficient (Wildman–Crippen LogP) is 4.21. The van der Waals surface area contributed by atoms with Crippen LogP contribution in [0.25, 0.3) is 0 Å². The molecule has 194 valence electrons. The molecule has 0 unspecified atom stereocenters. The van der Waals surface area contributed by atoms with E-state index in [1.165, 1.54) is 16.7 Å². The van der Waals surface area contributed by atoms with Crippen LogP contribution in [0, 0.1) is 0 Å². The Morgan fingerprint density at radius 2 is 1.56 bits per heavy atom. The molecule has 2 heterocycles. The zero-order valence-electron chi connectivity index (χ0n) is 21.1. The van der Waals surface area contributed by atoms with E-state index in [4.69, 9.17) is 23.9 Å². The van der Waals surface area contributed by atoms with Crippen molar-refractivity contribution in [3.8, 4) is 0 Å². The number of nitrogens with zero attached hydrogens (tertiary/aromatic N) is 2. The van der Waals surface area contributed by atoms with E-state index in [0.717, 1.165) is 11.1 Å². The van der Waals surface area contributed by atoms with Gasteiger partial charge in [0.2, 0.25) is 0 Å². The third kappa shape index (κ3) is 6.66. The molecule has 0 radical (unpaired) electrons. The van der Waals surface area contributed by atoms with Gasteiger partial charge in [0.1, 0.15) is 35.4 Å². The van der Waals surface area contributed by atoms with Crippen LogP contribution in [0.2, 0.25) is 0 Å². The second kappa shape index (κ2) is 11.7. The molecule has 8 nitrogen and oxygen atoms in total. The van der Waals surface area contributed by atoms with Crippen LogP contribution in [-0.4, -0.2) is 70.3 Å². The van der Waals surface area contributed by atoms with E-state index in [2.05, 4.69) is 0 Å². The number of aliphatic hydroxyl groups is 1. The maximum absolute atomic E-state index is 12.7. The standard InChI is InChI=1S/C27H34N2O6S/c1-27(2,3)35-26(31)29(4)25-28-21-23(33-17-19-13-9-6-10-14-19)22(20(15-30)34-24(21)36-25)32-16-18-11-7-5-8-12-18/h5-14,20-24,30H,15-17H2,1-4H3/t20-,21-,22-,23-,24-/m1/s1. The molecule has 2 aromatic carbocycles. The third-order valence-corrected chi connectivity index (χ3v) is 7.01. The zero-order valence-corrected chi connectivity index (χ0v) is 21.9. The lowest BCUT2D eigenvalue weighted by molar-refractivity contribution is -0.205. The van der Waals surface area contributed by atoms with Crippen molar-refractivity contribution in [3.05, 3.63) is 71.8 Å². The quantitative estimate of drug-likeness (QED) is 0.592. The Hall–Kier alpha value is -2.43. The van der Waals surface area contributed by atoms with Crippen LogP contribution in [0.3, 0.4) is 0 Å². The molecule has 1 N–H and O–H groups in total. The minimum atomic E-state index is -0.627. The summed E-state index contributed by atoms with van der Waals surface area (Å²) in [4.78, 5) is 18.9. The average molecular weight is 515 g/mol. The minimum Gasteiger partial charge on any atom is -0.443 e. The first-order valence-electron chi connectivity index (χ1n) is 12.0. The topological polar surface area (TPSA) is 89.8 Å². The number of hydrogen-bond acceptors (Lipinski definition) is 8. The Labute approximate surface area is 216 Å². The fourth-order valence-electron chi connectivity index (χ4n) is 4.03. The van der Waals surface area contributed by atoms with Crippen LogP contribution in [0.4, 0.5) is 4.79 Å². The number of hydrogen-bond donors (Lipinski definition) is 1. The van der Waals surface area contributed by atoms with E-state index in [1.54, 1.807) is 7.05 Å². The van der Waals surface area contributed by atoms with Crippen LogP contribution in [0.1, 0.15) is 31.9 Å². The van der Waals surface area contributed by atoms with E-state index in [-0.39, 0.29) is 6.61 Å². The lowest BCUT2D eigenvalue weighted by atomic mass is 9.97. The lowest BCUT2D eigenvalue weighted by Gasteiger charge is -2.42. The van der Waals surface area contributed by atoms with E-state index < -0.39 is 41.5 Å². The molecule has 2 aliphatic heterocycles. The largest absolute Gasteiger partial charge is 0.443 e. The number of ether oxygens (including phenoxy) is 4. The Balaban J connectivity index is 1.56. The van der Waals surface area contributed by atoms with Gasteiger partial charge in [0.15, 0.2) is 5.17 Å². The van der Waals surface area contributed by atoms with Crippen LogP contribution < -0.4 is 0 Å². The molecule has 4 rings (SSSR count). The summed E-state index contributed by atoms with van der Waals surface area (Å²) >= 11 is 1.32. The molecule has 9 heteroatoms. The Morgan fingerprint density at radius 1 is 1.00 bits per heavy atom. The Bertz CT molecular complexity index is 1030. The molecule has 36 heavy (non-hydrogen) atoms.